The van der Waals surface area contributed by atoms with Crippen molar-refractivity contribution in [2.45, 2.75) is 102 Å². The van der Waals surface area contributed by atoms with E-state index in [9.17, 15) is 43.8 Å². The number of nitrogens with zero attached hydrogens (tertiary/aromatic N) is 3. The average molecular weight is 1100 g/mol. The fourth-order valence-electron chi connectivity index (χ4n) is 9.35. The van der Waals surface area contributed by atoms with Crippen LogP contribution in [0.15, 0.2) is 85.1 Å². The summed E-state index contributed by atoms with van der Waals surface area (Å²) in [6.45, 7) is 4.89. The van der Waals surface area contributed by atoms with Crippen LogP contribution in [0.1, 0.15) is 140 Å². The van der Waals surface area contributed by atoms with Gasteiger partial charge in [0.05, 0.1) is 50.9 Å². The number of rotatable bonds is 34. The van der Waals surface area contributed by atoms with Crippen molar-refractivity contribution in [1.29, 1.82) is 0 Å². The quantitative estimate of drug-likeness (QED) is 0.0129. The van der Waals surface area contributed by atoms with Crippen LogP contribution in [0.5, 0.6) is 17.2 Å². The van der Waals surface area contributed by atoms with Crippen molar-refractivity contribution in [3.8, 4) is 17.2 Å². The summed E-state index contributed by atoms with van der Waals surface area (Å²) >= 11 is 0. The van der Waals surface area contributed by atoms with E-state index in [0.717, 1.165) is 49.8 Å². The number of carbonyl (C=O) groups excluding carboxylic acids is 5. The number of phenols is 1. The summed E-state index contributed by atoms with van der Waals surface area (Å²) in [6.07, 6.45) is 9.18. The van der Waals surface area contributed by atoms with Gasteiger partial charge in [-0.2, -0.15) is 0 Å². The molecular weight excluding hydrogens is 1030 g/mol. The van der Waals surface area contributed by atoms with Crippen molar-refractivity contribution in [2.24, 2.45) is 0 Å². The Labute approximate surface area is 462 Å². The number of aromatic hydroxyl groups is 1. The number of Topliss-reactive ketones (excluding diaryl/α,β-unsaturated/α-hetero) is 1. The van der Waals surface area contributed by atoms with E-state index < -0.39 is 35.6 Å². The first-order valence-electron chi connectivity index (χ1n) is 27.0. The van der Waals surface area contributed by atoms with Crippen molar-refractivity contribution in [1.82, 2.24) is 36.3 Å². The molecule has 0 fully saturated rings. The van der Waals surface area contributed by atoms with E-state index in [2.05, 4.69) is 31.6 Å². The highest BCUT2D eigenvalue weighted by Gasteiger charge is 2.53. The highest BCUT2D eigenvalue weighted by atomic mass is 16.6. The molecule has 0 saturated carbocycles. The molecule has 1 spiro atoms. The van der Waals surface area contributed by atoms with Gasteiger partial charge in [-0.05, 0) is 99.9 Å². The van der Waals surface area contributed by atoms with Crippen LogP contribution in [0.25, 0.3) is 0 Å². The van der Waals surface area contributed by atoms with Crippen LogP contribution < -0.4 is 26.0 Å². The van der Waals surface area contributed by atoms with Crippen LogP contribution in [-0.2, 0) is 47.1 Å². The molecule has 0 bridgehead atoms. The molecule has 22 nitrogen and oxygen atoms in total. The van der Waals surface area contributed by atoms with E-state index in [4.69, 9.17) is 28.8 Å². The summed E-state index contributed by atoms with van der Waals surface area (Å²) in [7, 11) is 0. The first-order chi connectivity index (χ1) is 38.7. The molecule has 0 saturated heterocycles. The van der Waals surface area contributed by atoms with E-state index in [-0.39, 0.29) is 80.0 Å². The van der Waals surface area contributed by atoms with Crippen molar-refractivity contribution in [3.05, 3.63) is 135 Å². The molecule has 426 valence electrons. The van der Waals surface area contributed by atoms with Gasteiger partial charge in [0.25, 0.3) is 11.8 Å². The van der Waals surface area contributed by atoms with E-state index in [1.54, 1.807) is 47.1 Å². The number of amides is 4. The first kappa shape index (κ1) is 59.5. The van der Waals surface area contributed by atoms with Gasteiger partial charge < -0.3 is 60.3 Å². The number of aliphatic carboxylic acids is 2. The number of nitrogens with one attached hydrogen (secondary N) is 4. The molecule has 80 heavy (non-hydrogen) atoms. The van der Waals surface area contributed by atoms with Crippen molar-refractivity contribution < 1.29 is 72.6 Å². The Kier molecular flexibility index (Phi) is 22.1. The van der Waals surface area contributed by atoms with Gasteiger partial charge in [0.1, 0.15) is 23.3 Å². The van der Waals surface area contributed by atoms with Crippen molar-refractivity contribution >= 4 is 41.5 Å². The van der Waals surface area contributed by atoms with Crippen LogP contribution in [-0.4, -0.2) is 137 Å². The number of hydrogen-bond acceptors (Lipinski definition) is 15. The number of benzene rings is 4. The third-order valence-corrected chi connectivity index (χ3v) is 13.5. The number of carboxylic acids is 2. The van der Waals surface area contributed by atoms with E-state index >= 15 is 0 Å². The minimum absolute atomic E-state index is 0.00806. The van der Waals surface area contributed by atoms with Gasteiger partial charge in [0.2, 0.25) is 0 Å². The predicted octanol–water partition coefficient (Wildman–Crippen LogP) is 6.62. The second kappa shape index (κ2) is 29.7. The highest BCUT2D eigenvalue weighted by Crippen LogP contribution is 2.56. The Morgan fingerprint density at radius 3 is 1.99 bits per heavy atom. The molecule has 2 aliphatic rings. The predicted molar refractivity (Wildman–Crippen MR) is 289 cm³/mol. The van der Waals surface area contributed by atoms with Gasteiger partial charge in [0.15, 0.2) is 11.4 Å². The van der Waals surface area contributed by atoms with Gasteiger partial charge in [-0.1, -0.05) is 54.8 Å². The molecule has 0 aliphatic carbocycles. The normalized spacial score (nSPS) is 14.2. The summed E-state index contributed by atoms with van der Waals surface area (Å²) in [5, 5.41) is 47.3. The standard InChI is InChI=1S/C58H69N7O15/c1-38-14-21-46-50(34-38)79-51-36-43(66)20-23-47(51)58(46)45-22-19-41(35-44(45)56(74)80-58)54(71)60-26-29-77-31-33-78-32-30-76-28-25-59-53(70)40-17-15-39(16-18-40)49(67)12-6-4-2-3-5-10-42-37-65(64-63-42)27-8-7-11-48(55(72)73)62-57(75)61-24-9-13-52(68)69/h14-23,34-37,48,66H,2-13,24-33H2,1H3,(H,59,70)(H,60,71)(H,68,69)(H,72,73)(H2,61,62,75)/t48-,58?/m1/s1. The fourth-order valence-corrected chi connectivity index (χ4v) is 9.35. The minimum Gasteiger partial charge on any atom is -0.508 e. The molecule has 5 aromatic rings. The summed E-state index contributed by atoms with van der Waals surface area (Å²) in [6, 6.07) is 20.1. The Morgan fingerprint density at radius 2 is 1.27 bits per heavy atom. The SMILES string of the molecule is Cc1ccc2c(c1)Oc1cc(O)ccc1C21OC(=O)c2cc(C(=O)NCCOCCOCCOCCNC(=O)c3ccc(C(=O)CCCCCCCc4cn(CCCC[C@@H](NC(=O)NCCCC(=O)O)C(=O)O)nn4)cc3)ccc21. The second-order valence-corrected chi connectivity index (χ2v) is 19.5. The number of aromatic nitrogens is 3. The maximum absolute atomic E-state index is 13.4. The molecule has 1 unspecified atom stereocenters. The lowest BCUT2D eigenvalue weighted by Crippen LogP contribution is -2.46. The Morgan fingerprint density at radius 1 is 0.650 bits per heavy atom. The number of esters is 1. The van der Waals surface area contributed by atoms with Gasteiger partial charge in [0, 0.05) is 84.7 Å². The molecule has 22 heteroatoms. The van der Waals surface area contributed by atoms with E-state index in [1.807, 2.05) is 31.3 Å². The van der Waals surface area contributed by atoms with E-state index in [0.29, 0.717) is 98.1 Å². The number of unbranched alkanes of at least 4 members (excludes halogenated alkanes) is 5. The van der Waals surface area contributed by atoms with Crippen LogP contribution >= 0.6 is 0 Å². The zero-order valence-electron chi connectivity index (χ0n) is 44.8. The third kappa shape index (κ3) is 16.7. The number of carboxylic acid groups (broad SMARTS) is 2. The topological polar surface area (TPSA) is 305 Å². The lowest BCUT2D eigenvalue weighted by Gasteiger charge is -2.36. The third-order valence-electron chi connectivity index (χ3n) is 13.5. The number of phenolic OH excluding ortho intramolecular Hbond substituents is 1. The zero-order valence-corrected chi connectivity index (χ0v) is 44.8. The summed E-state index contributed by atoms with van der Waals surface area (Å²) < 4.78 is 30.8. The number of carbonyl (C=O) groups is 7. The molecule has 2 atom stereocenters. The lowest BCUT2D eigenvalue weighted by atomic mass is 9.77. The number of aryl methyl sites for hydroxylation is 3. The second-order valence-electron chi connectivity index (χ2n) is 19.5. The van der Waals surface area contributed by atoms with Gasteiger partial charge in [-0.25, -0.2) is 14.4 Å². The smallest absolute Gasteiger partial charge is 0.340 e. The molecule has 4 amide bonds. The number of ether oxygens (including phenoxy) is 5. The zero-order chi connectivity index (χ0) is 56.9. The maximum atomic E-state index is 13.4. The number of fused-ring (bicyclic) bond motifs is 6. The Balaban J connectivity index is 0.669. The van der Waals surface area contributed by atoms with Crippen LogP contribution in [0, 0.1) is 6.92 Å². The summed E-state index contributed by atoms with van der Waals surface area (Å²) in [4.78, 5) is 86.2. The monoisotopic (exact) mass is 1100 g/mol. The number of ketones is 1. The Bertz CT molecular complexity index is 2910. The average Bonchev–Trinajstić information content (AvgIpc) is 4.06. The summed E-state index contributed by atoms with van der Waals surface area (Å²) in [5.74, 6) is -2.44. The van der Waals surface area contributed by atoms with E-state index in [1.165, 1.54) is 18.2 Å². The molecule has 4 aromatic carbocycles. The molecule has 7 N–H and O–H groups in total. The van der Waals surface area contributed by atoms with Crippen molar-refractivity contribution in [2.75, 3.05) is 59.3 Å². The van der Waals surface area contributed by atoms with Crippen molar-refractivity contribution in [3.63, 3.8) is 0 Å². The molecule has 1 aromatic heterocycles. The molecule has 7 rings (SSSR count). The highest BCUT2D eigenvalue weighted by molar-refractivity contribution is 6.02. The van der Waals surface area contributed by atoms with Crippen LogP contribution in [0.2, 0.25) is 0 Å². The molecule has 2 aliphatic heterocycles. The number of hydrogen-bond donors (Lipinski definition) is 7. The lowest BCUT2D eigenvalue weighted by molar-refractivity contribution is -0.139. The first-order valence-corrected chi connectivity index (χ1v) is 27.0. The van der Waals surface area contributed by atoms with Gasteiger partial charge >= 0.3 is 23.9 Å². The Hall–Kier alpha value is -8.21. The largest absolute Gasteiger partial charge is 0.508 e. The molecular formula is C58H69N7O15. The summed E-state index contributed by atoms with van der Waals surface area (Å²) in [5.41, 5.74) is 3.81. The molecule has 0 radical (unpaired) electrons. The maximum Gasteiger partial charge on any atom is 0.340 e. The van der Waals surface area contributed by atoms with Crippen LogP contribution in [0.3, 0.4) is 0 Å². The fraction of sp³-hybridized carbons (Fsp3) is 0.431. The van der Waals surface area contributed by atoms with Gasteiger partial charge in [-0.3, -0.25) is 23.9 Å². The number of urea groups is 1. The van der Waals surface area contributed by atoms with Crippen LogP contribution in [0.4, 0.5) is 4.79 Å². The minimum atomic E-state index is -1.32. The van der Waals surface area contributed by atoms with Gasteiger partial charge in [-0.15, -0.1) is 5.10 Å². The molecule has 3 heterocycles.